The second kappa shape index (κ2) is 2.47. The first-order valence-corrected chi connectivity index (χ1v) is 4.70. The molecule has 0 aromatic rings. The van der Waals surface area contributed by atoms with Crippen molar-refractivity contribution in [3.63, 3.8) is 0 Å². The van der Waals surface area contributed by atoms with E-state index in [-0.39, 0.29) is 0 Å². The third kappa shape index (κ3) is 1.19. The Morgan fingerprint density at radius 3 is 3.18 bits per heavy atom. The Labute approximate surface area is 69.5 Å². The molecule has 3 nitrogen and oxygen atoms in total. The van der Waals surface area contributed by atoms with E-state index in [9.17, 15) is 10.2 Å². The van der Waals surface area contributed by atoms with Gasteiger partial charge in [-0.2, -0.15) is 0 Å². The second-order valence-electron chi connectivity index (χ2n) is 3.07. The molecule has 3 atom stereocenters. The number of hydrogen-bond donors (Lipinski definition) is 2. The lowest BCUT2D eigenvalue weighted by molar-refractivity contribution is -0.0129. The SMILES string of the molecule is OC1N=CC2CCCC1(O)S2. The van der Waals surface area contributed by atoms with Gasteiger partial charge < -0.3 is 10.2 Å². The van der Waals surface area contributed by atoms with Crippen molar-refractivity contribution in [1.82, 2.24) is 0 Å². The maximum atomic E-state index is 9.77. The molecule has 0 amide bonds. The van der Waals surface area contributed by atoms with Crippen molar-refractivity contribution in [3.05, 3.63) is 0 Å². The minimum Gasteiger partial charge on any atom is -0.375 e. The quantitative estimate of drug-likeness (QED) is 0.556. The van der Waals surface area contributed by atoms with Crippen LogP contribution >= 0.6 is 11.8 Å². The summed E-state index contributed by atoms with van der Waals surface area (Å²) in [6, 6.07) is 0. The van der Waals surface area contributed by atoms with Crippen LogP contribution in [-0.4, -0.2) is 32.8 Å². The molecular formula is C7H11NO2S. The number of nitrogens with zero attached hydrogens (tertiary/aromatic N) is 1. The molecule has 0 spiro atoms. The lowest BCUT2D eigenvalue weighted by Crippen LogP contribution is -2.45. The molecule has 4 heteroatoms. The summed E-state index contributed by atoms with van der Waals surface area (Å²) in [5, 5.41) is 19.4. The molecule has 2 N–H and O–H groups in total. The fraction of sp³-hybridized carbons (Fsp3) is 0.857. The predicted molar refractivity (Wildman–Crippen MR) is 44.7 cm³/mol. The van der Waals surface area contributed by atoms with E-state index in [1.54, 1.807) is 6.21 Å². The molecular weight excluding hydrogens is 162 g/mol. The molecule has 11 heavy (non-hydrogen) atoms. The van der Waals surface area contributed by atoms with Gasteiger partial charge in [-0.25, -0.2) is 0 Å². The van der Waals surface area contributed by atoms with Gasteiger partial charge in [0, 0.05) is 11.5 Å². The Balaban J connectivity index is 2.25. The van der Waals surface area contributed by atoms with Crippen LogP contribution in [0.15, 0.2) is 4.99 Å². The first-order chi connectivity index (χ1) is 5.21. The highest BCUT2D eigenvalue weighted by molar-refractivity contribution is 8.01. The molecule has 0 aromatic carbocycles. The van der Waals surface area contributed by atoms with Crippen molar-refractivity contribution in [2.75, 3.05) is 0 Å². The number of aliphatic hydroxyl groups is 2. The summed E-state index contributed by atoms with van der Waals surface area (Å²) in [5.74, 6) is 0. The highest BCUT2D eigenvalue weighted by atomic mass is 32.2. The maximum absolute atomic E-state index is 9.77. The molecule has 2 aliphatic heterocycles. The van der Waals surface area contributed by atoms with E-state index >= 15 is 0 Å². The lowest BCUT2D eigenvalue weighted by atomic mass is 10.1. The zero-order chi connectivity index (χ0) is 7.90. The van der Waals surface area contributed by atoms with E-state index in [1.165, 1.54) is 11.8 Å². The van der Waals surface area contributed by atoms with Crippen molar-refractivity contribution in [3.8, 4) is 0 Å². The van der Waals surface area contributed by atoms with Gasteiger partial charge in [0.1, 0.15) is 0 Å². The fourth-order valence-corrected chi connectivity index (χ4v) is 2.91. The Kier molecular flexibility index (Phi) is 1.70. The first kappa shape index (κ1) is 7.58. The molecule has 2 aliphatic rings. The van der Waals surface area contributed by atoms with Crippen molar-refractivity contribution in [2.45, 2.75) is 35.7 Å². The van der Waals surface area contributed by atoms with Gasteiger partial charge in [-0.3, -0.25) is 4.99 Å². The zero-order valence-corrected chi connectivity index (χ0v) is 6.92. The fourth-order valence-electron chi connectivity index (χ4n) is 1.53. The summed E-state index contributed by atoms with van der Waals surface area (Å²) < 4.78 is 0. The van der Waals surface area contributed by atoms with Gasteiger partial charge in [0.25, 0.3) is 0 Å². The first-order valence-electron chi connectivity index (χ1n) is 3.82. The molecule has 0 saturated carbocycles. The van der Waals surface area contributed by atoms with Crippen LogP contribution < -0.4 is 0 Å². The van der Waals surface area contributed by atoms with Gasteiger partial charge in [-0.1, -0.05) is 0 Å². The number of hydrogen-bond acceptors (Lipinski definition) is 4. The van der Waals surface area contributed by atoms with Crippen molar-refractivity contribution >= 4 is 18.0 Å². The lowest BCUT2D eigenvalue weighted by Gasteiger charge is -2.39. The largest absolute Gasteiger partial charge is 0.375 e. The average molecular weight is 173 g/mol. The van der Waals surface area contributed by atoms with Crippen LogP contribution in [0, 0.1) is 0 Å². The Morgan fingerprint density at radius 1 is 1.64 bits per heavy atom. The summed E-state index contributed by atoms with van der Waals surface area (Å²) in [6.07, 6.45) is 3.56. The summed E-state index contributed by atoms with van der Waals surface area (Å²) in [4.78, 5) is 2.86. The average Bonchev–Trinajstić information content (AvgIpc) is 1.98. The molecule has 1 fully saturated rings. The van der Waals surface area contributed by atoms with Crippen LogP contribution in [0.2, 0.25) is 0 Å². The van der Waals surface area contributed by atoms with Gasteiger partial charge in [-0.15, -0.1) is 11.8 Å². The van der Waals surface area contributed by atoms with Crippen LogP contribution in [0.25, 0.3) is 0 Å². The highest BCUT2D eigenvalue weighted by Gasteiger charge is 2.43. The standard InChI is InChI=1S/C7H11NO2S/c9-6-7(10)3-1-2-5(11-7)4-8-6/h4-6,9-10H,1-3H2. The van der Waals surface area contributed by atoms with Gasteiger partial charge >= 0.3 is 0 Å². The molecule has 3 unspecified atom stereocenters. The predicted octanol–water partition coefficient (Wildman–Crippen LogP) is 0.363. The van der Waals surface area contributed by atoms with E-state index < -0.39 is 11.2 Å². The topological polar surface area (TPSA) is 52.8 Å². The van der Waals surface area contributed by atoms with Gasteiger partial charge in [0.2, 0.25) is 0 Å². The van der Waals surface area contributed by atoms with Gasteiger partial charge in [0.15, 0.2) is 11.2 Å². The van der Waals surface area contributed by atoms with Gasteiger partial charge in [0.05, 0.1) is 0 Å². The van der Waals surface area contributed by atoms with Crippen molar-refractivity contribution in [2.24, 2.45) is 4.99 Å². The monoisotopic (exact) mass is 173 g/mol. The van der Waals surface area contributed by atoms with Crippen LogP contribution in [0.3, 0.4) is 0 Å². The summed E-state index contributed by atoms with van der Waals surface area (Å²) in [6.45, 7) is 0. The molecule has 2 bridgehead atoms. The number of thioether (sulfide) groups is 1. The third-order valence-corrected chi connectivity index (χ3v) is 3.66. The normalized spacial score (nSPS) is 49.3. The summed E-state index contributed by atoms with van der Waals surface area (Å²) >= 11 is 1.44. The van der Waals surface area contributed by atoms with E-state index in [0.717, 1.165) is 12.8 Å². The van der Waals surface area contributed by atoms with Crippen LogP contribution in [0.5, 0.6) is 0 Å². The zero-order valence-electron chi connectivity index (χ0n) is 6.10. The van der Waals surface area contributed by atoms with Gasteiger partial charge in [-0.05, 0) is 19.3 Å². The highest BCUT2D eigenvalue weighted by Crippen LogP contribution is 2.43. The van der Waals surface area contributed by atoms with Crippen molar-refractivity contribution in [1.29, 1.82) is 0 Å². The molecule has 0 radical (unpaired) electrons. The van der Waals surface area contributed by atoms with Crippen LogP contribution in [-0.2, 0) is 0 Å². The third-order valence-electron chi connectivity index (χ3n) is 2.18. The molecule has 2 heterocycles. The Hall–Kier alpha value is -0.0600. The Morgan fingerprint density at radius 2 is 2.45 bits per heavy atom. The molecule has 0 aliphatic carbocycles. The minimum absolute atomic E-state index is 0.317. The maximum Gasteiger partial charge on any atom is 0.183 e. The number of fused-ring (bicyclic) bond motifs is 2. The second-order valence-corrected chi connectivity index (χ2v) is 4.61. The smallest absolute Gasteiger partial charge is 0.183 e. The minimum atomic E-state index is -0.988. The number of aliphatic hydroxyl groups excluding tert-OH is 1. The molecule has 1 saturated heterocycles. The van der Waals surface area contributed by atoms with Crippen LogP contribution in [0.4, 0.5) is 0 Å². The molecule has 2 rings (SSSR count). The van der Waals surface area contributed by atoms with E-state index in [1.807, 2.05) is 0 Å². The summed E-state index contributed by atoms with van der Waals surface area (Å²) in [5.41, 5.74) is 0. The Bertz CT molecular complexity index is 197. The van der Waals surface area contributed by atoms with E-state index in [2.05, 4.69) is 4.99 Å². The van der Waals surface area contributed by atoms with E-state index in [0.29, 0.717) is 11.7 Å². The van der Waals surface area contributed by atoms with Crippen LogP contribution in [0.1, 0.15) is 19.3 Å². The van der Waals surface area contributed by atoms with Crippen molar-refractivity contribution < 1.29 is 10.2 Å². The number of aliphatic imine (C=N–C) groups is 1. The number of rotatable bonds is 0. The summed E-state index contributed by atoms with van der Waals surface area (Å²) in [7, 11) is 0. The molecule has 62 valence electrons. The molecule has 0 aromatic heterocycles. The van der Waals surface area contributed by atoms with E-state index in [4.69, 9.17) is 0 Å².